The highest BCUT2D eigenvalue weighted by molar-refractivity contribution is 5.24. The van der Waals surface area contributed by atoms with Crippen molar-refractivity contribution in [3.8, 4) is 0 Å². The SMILES string of the molecule is CC(C)c1ccc(C(C)(C)N)c(=O)n1C1CCCCC1. The normalized spacial score (nSPS) is 17.7. The Morgan fingerprint density at radius 3 is 2.30 bits per heavy atom. The number of hydrogen-bond acceptors (Lipinski definition) is 2. The van der Waals surface area contributed by atoms with Crippen LogP contribution in [0.25, 0.3) is 0 Å². The minimum atomic E-state index is -0.580. The molecule has 3 nitrogen and oxygen atoms in total. The van der Waals surface area contributed by atoms with E-state index in [-0.39, 0.29) is 5.56 Å². The van der Waals surface area contributed by atoms with Crippen LogP contribution in [0.15, 0.2) is 16.9 Å². The van der Waals surface area contributed by atoms with Crippen molar-refractivity contribution in [1.82, 2.24) is 4.57 Å². The molecule has 1 aliphatic carbocycles. The summed E-state index contributed by atoms with van der Waals surface area (Å²) in [6, 6.07) is 4.39. The number of rotatable bonds is 3. The molecule has 0 aromatic carbocycles. The van der Waals surface area contributed by atoms with Gasteiger partial charge in [-0.3, -0.25) is 4.79 Å². The third-order valence-electron chi connectivity index (χ3n) is 4.37. The highest BCUT2D eigenvalue weighted by Gasteiger charge is 2.25. The standard InChI is InChI=1S/C17H28N2O/c1-12(2)15-11-10-14(17(3,4)18)16(20)19(15)13-8-6-5-7-9-13/h10-13H,5-9,18H2,1-4H3. The number of nitrogens with zero attached hydrogens (tertiary/aromatic N) is 1. The van der Waals surface area contributed by atoms with Crippen LogP contribution in [0.3, 0.4) is 0 Å². The Bertz CT molecular complexity index is 517. The largest absolute Gasteiger partial charge is 0.322 e. The molecule has 0 saturated heterocycles. The minimum absolute atomic E-state index is 0.121. The van der Waals surface area contributed by atoms with Crippen molar-refractivity contribution in [1.29, 1.82) is 0 Å². The molecule has 112 valence electrons. The average Bonchev–Trinajstić information content (AvgIpc) is 2.37. The number of hydrogen-bond donors (Lipinski definition) is 1. The third-order valence-corrected chi connectivity index (χ3v) is 4.37. The Morgan fingerprint density at radius 1 is 1.20 bits per heavy atom. The predicted molar refractivity (Wildman–Crippen MR) is 84.1 cm³/mol. The van der Waals surface area contributed by atoms with E-state index in [0.717, 1.165) is 24.1 Å². The molecule has 0 aliphatic heterocycles. The van der Waals surface area contributed by atoms with E-state index in [4.69, 9.17) is 5.73 Å². The number of pyridine rings is 1. The molecule has 0 bridgehead atoms. The summed E-state index contributed by atoms with van der Waals surface area (Å²) in [5, 5.41) is 0. The maximum absolute atomic E-state index is 12.9. The van der Waals surface area contributed by atoms with E-state index in [1.165, 1.54) is 19.3 Å². The van der Waals surface area contributed by atoms with Crippen LogP contribution in [-0.4, -0.2) is 4.57 Å². The quantitative estimate of drug-likeness (QED) is 0.915. The fourth-order valence-corrected chi connectivity index (χ4v) is 3.24. The Kier molecular flexibility index (Phi) is 4.38. The van der Waals surface area contributed by atoms with Gasteiger partial charge in [-0.1, -0.05) is 33.1 Å². The van der Waals surface area contributed by atoms with Gasteiger partial charge in [-0.2, -0.15) is 0 Å². The van der Waals surface area contributed by atoms with Gasteiger partial charge < -0.3 is 10.3 Å². The first-order chi connectivity index (χ1) is 9.32. The first kappa shape index (κ1) is 15.3. The lowest BCUT2D eigenvalue weighted by Gasteiger charge is -2.30. The number of aromatic nitrogens is 1. The molecule has 0 spiro atoms. The van der Waals surface area contributed by atoms with Crippen molar-refractivity contribution in [2.24, 2.45) is 5.73 Å². The first-order valence-corrected chi connectivity index (χ1v) is 7.87. The van der Waals surface area contributed by atoms with Crippen LogP contribution in [0.5, 0.6) is 0 Å². The fraction of sp³-hybridized carbons (Fsp3) is 0.706. The van der Waals surface area contributed by atoms with Gasteiger partial charge in [-0.05, 0) is 44.7 Å². The third kappa shape index (κ3) is 2.98. The lowest BCUT2D eigenvalue weighted by atomic mass is 9.91. The summed E-state index contributed by atoms with van der Waals surface area (Å²) < 4.78 is 2.05. The summed E-state index contributed by atoms with van der Waals surface area (Å²) in [5.74, 6) is 0.361. The van der Waals surface area contributed by atoms with Gasteiger partial charge in [0.1, 0.15) is 0 Å². The Hall–Kier alpha value is -1.09. The van der Waals surface area contributed by atoms with Gasteiger partial charge in [-0.15, -0.1) is 0 Å². The van der Waals surface area contributed by atoms with Crippen LogP contribution < -0.4 is 11.3 Å². The number of nitrogens with two attached hydrogens (primary N) is 1. The maximum atomic E-state index is 12.9. The van der Waals surface area contributed by atoms with E-state index in [1.807, 2.05) is 24.5 Å². The molecule has 0 amide bonds. The second-order valence-corrected chi connectivity index (χ2v) is 7.02. The second kappa shape index (κ2) is 5.72. The van der Waals surface area contributed by atoms with Crippen molar-refractivity contribution < 1.29 is 0 Å². The minimum Gasteiger partial charge on any atom is -0.322 e. The van der Waals surface area contributed by atoms with Gasteiger partial charge in [0.2, 0.25) is 0 Å². The smallest absolute Gasteiger partial charge is 0.256 e. The summed E-state index contributed by atoms with van der Waals surface area (Å²) in [6.07, 6.45) is 5.99. The highest BCUT2D eigenvalue weighted by atomic mass is 16.1. The molecule has 2 N–H and O–H groups in total. The zero-order valence-corrected chi connectivity index (χ0v) is 13.3. The average molecular weight is 276 g/mol. The molecule has 3 heteroatoms. The predicted octanol–water partition coefficient (Wildman–Crippen LogP) is 3.67. The maximum Gasteiger partial charge on any atom is 0.256 e. The van der Waals surface area contributed by atoms with Crippen molar-refractivity contribution in [2.45, 2.75) is 77.3 Å². The lowest BCUT2D eigenvalue weighted by Crippen LogP contribution is -2.40. The Balaban J connectivity index is 2.57. The Labute approximate surface area is 122 Å². The second-order valence-electron chi connectivity index (χ2n) is 7.02. The molecule has 1 heterocycles. The van der Waals surface area contributed by atoms with Gasteiger partial charge in [0, 0.05) is 22.8 Å². The zero-order chi connectivity index (χ0) is 14.9. The fourth-order valence-electron chi connectivity index (χ4n) is 3.24. The molecule has 0 unspecified atom stereocenters. The van der Waals surface area contributed by atoms with Crippen LogP contribution in [0.2, 0.25) is 0 Å². The molecule has 1 fully saturated rings. The van der Waals surface area contributed by atoms with Crippen LogP contribution >= 0.6 is 0 Å². The van der Waals surface area contributed by atoms with E-state index in [0.29, 0.717) is 12.0 Å². The summed E-state index contributed by atoms with van der Waals surface area (Å²) >= 11 is 0. The van der Waals surface area contributed by atoms with Crippen molar-refractivity contribution in [3.05, 3.63) is 33.7 Å². The van der Waals surface area contributed by atoms with Crippen molar-refractivity contribution in [3.63, 3.8) is 0 Å². The van der Waals surface area contributed by atoms with Crippen molar-refractivity contribution >= 4 is 0 Å². The first-order valence-electron chi connectivity index (χ1n) is 7.87. The van der Waals surface area contributed by atoms with Gasteiger partial charge in [0.25, 0.3) is 5.56 Å². The van der Waals surface area contributed by atoms with Crippen molar-refractivity contribution in [2.75, 3.05) is 0 Å². The molecule has 1 aromatic heterocycles. The van der Waals surface area contributed by atoms with Crippen LogP contribution in [0.4, 0.5) is 0 Å². The highest BCUT2D eigenvalue weighted by Crippen LogP contribution is 2.30. The summed E-state index contributed by atoms with van der Waals surface area (Å²) in [6.45, 7) is 8.12. The molecule has 2 rings (SSSR count). The van der Waals surface area contributed by atoms with Gasteiger partial charge in [0.05, 0.1) is 0 Å². The molecule has 0 atom stereocenters. The monoisotopic (exact) mass is 276 g/mol. The summed E-state index contributed by atoms with van der Waals surface area (Å²) in [7, 11) is 0. The topological polar surface area (TPSA) is 48.0 Å². The van der Waals surface area contributed by atoms with Crippen LogP contribution in [0.1, 0.15) is 83.0 Å². The van der Waals surface area contributed by atoms with Gasteiger partial charge in [-0.25, -0.2) is 0 Å². The van der Waals surface area contributed by atoms with Crippen LogP contribution in [0, 0.1) is 0 Å². The van der Waals surface area contributed by atoms with E-state index in [9.17, 15) is 4.79 Å². The van der Waals surface area contributed by atoms with E-state index < -0.39 is 5.54 Å². The molecule has 1 saturated carbocycles. The van der Waals surface area contributed by atoms with Crippen LogP contribution in [-0.2, 0) is 5.54 Å². The molecular formula is C17H28N2O. The lowest BCUT2D eigenvalue weighted by molar-refractivity contribution is 0.332. The van der Waals surface area contributed by atoms with E-state index >= 15 is 0 Å². The molecule has 20 heavy (non-hydrogen) atoms. The van der Waals surface area contributed by atoms with Gasteiger partial charge in [0.15, 0.2) is 0 Å². The molecule has 1 aromatic rings. The molecular weight excluding hydrogens is 248 g/mol. The molecule has 0 radical (unpaired) electrons. The zero-order valence-electron chi connectivity index (χ0n) is 13.3. The molecule has 1 aliphatic rings. The van der Waals surface area contributed by atoms with E-state index in [1.54, 1.807) is 0 Å². The summed E-state index contributed by atoms with van der Waals surface area (Å²) in [5.41, 5.74) is 7.59. The Morgan fingerprint density at radius 2 is 1.80 bits per heavy atom. The van der Waals surface area contributed by atoms with Gasteiger partial charge >= 0.3 is 0 Å². The van der Waals surface area contributed by atoms with E-state index in [2.05, 4.69) is 19.9 Å². The summed E-state index contributed by atoms with van der Waals surface area (Å²) in [4.78, 5) is 12.9.